The molecule has 3 aromatic carbocycles. The highest BCUT2D eigenvalue weighted by Crippen LogP contribution is 2.30. The van der Waals surface area contributed by atoms with Crippen LogP contribution in [0.1, 0.15) is 18.1 Å². The highest BCUT2D eigenvalue weighted by atomic mass is 19.1. The lowest BCUT2D eigenvalue weighted by molar-refractivity contribution is -0.113. The van der Waals surface area contributed by atoms with Crippen LogP contribution in [0.5, 0.6) is 11.5 Å². The second kappa shape index (κ2) is 8.83. The first-order chi connectivity index (χ1) is 15.1. The molecule has 0 N–H and O–H groups in total. The summed E-state index contributed by atoms with van der Waals surface area (Å²) in [6.07, 6.45) is 1.47. The van der Waals surface area contributed by atoms with Crippen molar-refractivity contribution < 1.29 is 18.7 Å². The van der Waals surface area contributed by atoms with Crippen molar-refractivity contribution in [3.63, 3.8) is 0 Å². The highest BCUT2D eigenvalue weighted by Gasteiger charge is 2.32. The monoisotopic (exact) mass is 416 g/mol. The van der Waals surface area contributed by atoms with Crippen molar-refractivity contribution >= 4 is 23.5 Å². The largest absolute Gasteiger partial charge is 0.497 e. The van der Waals surface area contributed by atoms with Crippen LogP contribution < -0.4 is 14.4 Å². The predicted molar refractivity (Wildman–Crippen MR) is 119 cm³/mol. The molecule has 0 saturated carbocycles. The van der Waals surface area contributed by atoms with Gasteiger partial charge in [0.25, 0.3) is 5.91 Å². The van der Waals surface area contributed by atoms with E-state index in [4.69, 9.17) is 9.47 Å². The molecule has 6 heteroatoms. The number of amides is 1. The first kappa shape index (κ1) is 20.3. The summed E-state index contributed by atoms with van der Waals surface area (Å²) in [6.45, 7) is 2.46. The third-order valence-corrected chi connectivity index (χ3v) is 4.81. The third-order valence-electron chi connectivity index (χ3n) is 4.81. The van der Waals surface area contributed by atoms with E-state index in [2.05, 4.69) is 4.99 Å². The lowest BCUT2D eigenvalue weighted by Crippen LogP contribution is -2.32. The molecule has 0 fully saturated rings. The Morgan fingerprint density at radius 1 is 0.968 bits per heavy atom. The van der Waals surface area contributed by atoms with Gasteiger partial charge >= 0.3 is 0 Å². The van der Waals surface area contributed by atoms with Gasteiger partial charge < -0.3 is 9.47 Å². The van der Waals surface area contributed by atoms with Gasteiger partial charge in [-0.05, 0) is 67.6 Å². The van der Waals surface area contributed by atoms with Crippen molar-refractivity contribution in [3.8, 4) is 11.5 Å². The summed E-state index contributed by atoms with van der Waals surface area (Å²) in [6, 6.07) is 20.8. The number of methoxy groups -OCH3 is 1. The molecule has 1 heterocycles. The number of carbonyl (C=O) groups excluding carboxylic acids is 1. The van der Waals surface area contributed by atoms with Gasteiger partial charge in [0.1, 0.15) is 28.8 Å². The Morgan fingerprint density at radius 3 is 2.29 bits per heavy atom. The summed E-state index contributed by atoms with van der Waals surface area (Å²) < 4.78 is 24.9. The van der Waals surface area contributed by atoms with Crippen LogP contribution in [-0.2, 0) is 4.79 Å². The molecule has 0 aliphatic carbocycles. The summed E-state index contributed by atoms with van der Waals surface area (Å²) >= 11 is 0. The molecule has 1 amide bonds. The number of benzene rings is 3. The Balaban J connectivity index is 1.78. The minimum Gasteiger partial charge on any atom is -0.497 e. The van der Waals surface area contributed by atoms with Crippen LogP contribution in [0.15, 0.2) is 83.5 Å². The second-order valence-corrected chi connectivity index (χ2v) is 6.78. The van der Waals surface area contributed by atoms with Crippen LogP contribution in [0.25, 0.3) is 6.08 Å². The number of carbonyl (C=O) groups is 1. The SMILES string of the molecule is CCOc1ccc(N2C(=O)/C(=C\c3ccccc3F)N=C2c2ccc(OC)cc2)cc1. The van der Waals surface area contributed by atoms with Gasteiger partial charge in [0, 0.05) is 11.1 Å². The summed E-state index contributed by atoms with van der Waals surface area (Å²) in [7, 11) is 1.59. The molecule has 0 bridgehead atoms. The fourth-order valence-electron chi connectivity index (χ4n) is 3.29. The third kappa shape index (κ3) is 4.19. The number of hydrogen-bond acceptors (Lipinski definition) is 4. The average molecular weight is 416 g/mol. The highest BCUT2D eigenvalue weighted by molar-refractivity contribution is 6.33. The number of rotatable bonds is 6. The van der Waals surface area contributed by atoms with Gasteiger partial charge in [-0.3, -0.25) is 9.69 Å². The Morgan fingerprint density at radius 2 is 1.65 bits per heavy atom. The normalized spacial score (nSPS) is 14.7. The van der Waals surface area contributed by atoms with Crippen molar-refractivity contribution in [3.05, 3.63) is 95.4 Å². The summed E-state index contributed by atoms with van der Waals surface area (Å²) in [5.41, 5.74) is 1.84. The van der Waals surface area contributed by atoms with Gasteiger partial charge in [-0.1, -0.05) is 18.2 Å². The van der Waals surface area contributed by atoms with Crippen molar-refractivity contribution in [2.75, 3.05) is 18.6 Å². The summed E-state index contributed by atoms with van der Waals surface area (Å²) in [5, 5.41) is 0. The molecule has 3 aromatic rings. The lowest BCUT2D eigenvalue weighted by atomic mass is 10.1. The molecule has 31 heavy (non-hydrogen) atoms. The van der Waals surface area contributed by atoms with E-state index in [-0.39, 0.29) is 11.6 Å². The van der Waals surface area contributed by atoms with E-state index in [0.29, 0.717) is 35.2 Å². The zero-order chi connectivity index (χ0) is 21.8. The Labute approximate surface area is 180 Å². The van der Waals surface area contributed by atoms with Crippen LogP contribution >= 0.6 is 0 Å². The molecule has 0 unspecified atom stereocenters. The molecule has 0 spiro atoms. The maximum Gasteiger partial charge on any atom is 0.282 e. The van der Waals surface area contributed by atoms with Gasteiger partial charge in [0.05, 0.1) is 19.4 Å². The number of halogens is 1. The van der Waals surface area contributed by atoms with Gasteiger partial charge in [-0.15, -0.1) is 0 Å². The van der Waals surface area contributed by atoms with E-state index in [0.717, 1.165) is 5.56 Å². The predicted octanol–water partition coefficient (Wildman–Crippen LogP) is 5.07. The van der Waals surface area contributed by atoms with E-state index in [9.17, 15) is 9.18 Å². The van der Waals surface area contributed by atoms with E-state index in [1.54, 1.807) is 61.7 Å². The number of anilines is 1. The molecule has 1 aliphatic heterocycles. The van der Waals surface area contributed by atoms with E-state index in [1.807, 2.05) is 19.1 Å². The van der Waals surface area contributed by atoms with Crippen molar-refractivity contribution in [2.24, 2.45) is 4.99 Å². The van der Waals surface area contributed by atoms with Crippen LogP contribution in [0.2, 0.25) is 0 Å². The first-order valence-electron chi connectivity index (χ1n) is 9.87. The molecular formula is C25H21FN2O3. The lowest BCUT2D eigenvalue weighted by Gasteiger charge is -2.19. The van der Waals surface area contributed by atoms with Crippen LogP contribution in [0.3, 0.4) is 0 Å². The molecule has 0 aromatic heterocycles. The Hall–Kier alpha value is -3.93. The molecule has 0 saturated heterocycles. The molecule has 0 atom stereocenters. The van der Waals surface area contributed by atoms with Crippen molar-refractivity contribution in [1.82, 2.24) is 0 Å². The van der Waals surface area contributed by atoms with Gasteiger partial charge in [0.2, 0.25) is 0 Å². The second-order valence-electron chi connectivity index (χ2n) is 6.78. The van der Waals surface area contributed by atoms with E-state index in [1.165, 1.54) is 17.0 Å². The zero-order valence-electron chi connectivity index (χ0n) is 17.2. The van der Waals surface area contributed by atoms with Crippen molar-refractivity contribution in [2.45, 2.75) is 6.92 Å². The summed E-state index contributed by atoms with van der Waals surface area (Å²) in [4.78, 5) is 19.4. The fourth-order valence-corrected chi connectivity index (χ4v) is 3.29. The number of aliphatic imine (C=N–C) groups is 1. The maximum atomic E-state index is 14.2. The van der Waals surface area contributed by atoms with Crippen molar-refractivity contribution in [1.29, 1.82) is 0 Å². The molecule has 5 nitrogen and oxygen atoms in total. The fraction of sp³-hybridized carbons (Fsp3) is 0.120. The minimum atomic E-state index is -0.413. The zero-order valence-corrected chi connectivity index (χ0v) is 17.2. The molecule has 4 rings (SSSR count). The number of amidine groups is 1. The summed E-state index contributed by atoms with van der Waals surface area (Å²) in [5.74, 6) is 1.12. The molecule has 0 radical (unpaired) electrons. The Kier molecular flexibility index (Phi) is 5.80. The topological polar surface area (TPSA) is 51.1 Å². The molecule has 156 valence electrons. The van der Waals surface area contributed by atoms with Gasteiger partial charge in [-0.2, -0.15) is 0 Å². The quantitative estimate of drug-likeness (QED) is 0.528. The smallest absolute Gasteiger partial charge is 0.282 e. The number of hydrogen-bond donors (Lipinski definition) is 0. The van der Waals surface area contributed by atoms with E-state index < -0.39 is 5.82 Å². The van der Waals surface area contributed by atoms with Crippen LogP contribution in [0, 0.1) is 5.82 Å². The minimum absolute atomic E-state index is 0.157. The molecular weight excluding hydrogens is 395 g/mol. The first-order valence-corrected chi connectivity index (χ1v) is 9.87. The van der Waals surface area contributed by atoms with Crippen LogP contribution in [-0.4, -0.2) is 25.5 Å². The van der Waals surface area contributed by atoms with Crippen LogP contribution in [0.4, 0.5) is 10.1 Å². The average Bonchev–Trinajstić information content (AvgIpc) is 3.12. The Bertz CT molecular complexity index is 1150. The maximum absolute atomic E-state index is 14.2. The van der Waals surface area contributed by atoms with Gasteiger partial charge in [-0.25, -0.2) is 9.38 Å². The number of ether oxygens (including phenoxy) is 2. The van der Waals surface area contributed by atoms with Gasteiger partial charge in [0.15, 0.2) is 0 Å². The molecule has 1 aliphatic rings. The standard InChI is InChI=1S/C25H21FN2O3/c1-3-31-21-14-10-19(11-15-21)28-24(17-8-12-20(30-2)13-9-17)27-23(25(28)29)16-18-6-4-5-7-22(18)26/h4-16H,3H2,1-2H3/b23-16+. The number of nitrogens with zero attached hydrogens (tertiary/aromatic N) is 2. The van der Waals surface area contributed by atoms with E-state index >= 15 is 0 Å².